The van der Waals surface area contributed by atoms with Gasteiger partial charge in [-0.2, -0.15) is 0 Å². The van der Waals surface area contributed by atoms with Gasteiger partial charge in [-0.25, -0.2) is 14.3 Å². The molecular weight excluding hydrogens is 400 g/mol. The van der Waals surface area contributed by atoms with Gasteiger partial charge in [-0.3, -0.25) is 9.36 Å². The second kappa shape index (κ2) is 8.26. The number of aromatic nitrogens is 4. The molecule has 0 spiro atoms. The van der Waals surface area contributed by atoms with Crippen LogP contribution in [0.3, 0.4) is 0 Å². The molecule has 2 aromatic carbocycles. The molecular formula is C26H28N4O2. The van der Waals surface area contributed by atoms with Gasteiger partial charge in [-0.1, -0.05) is 67.3 Å². The number of benzene rings is 2. The molecule has 1 fully saturated rings. The Bertz CT molecular complexity index is 1390. The molecule has 2 heterocycles. The van der Waals surface area contributed by atoms with E-state index in [2.05, 4.69) is 36.2 Å². The van der Waals surface area contributed by atoms with Gasteiger partial charge in [-0.15, -0.1) is 0 Å². The summed E-state index contributed by atoms with van der Waals surface area (Å²) in [6.45, 7) is 4.57. The Kier molecular flexibility index (Phi) is 5.29. The van der Waals surface area contributed by atoms with Gasteiger partial charge in [0.15, 0.2) is 11.2 Å². The standard InChI is InChI=1S/C26H28N4O2/c1-18-12-14-20(15-13-18)16-28-17-27-24-23(28)25(31)29(21-9-4-3-5-10-21)26(32)30(24)22-11-7-6-8-19(22)2/h6-8,11-15,17,21H,3-5,9-10,16H2,1-2H3. The molecule has 6 nitrogen and oxygen atoms in total. The van der Waals surface area contributed by atoms with Crippen LogP contribution in [0.4, 0.5) is 0 Å². The van der Waals surface area contributed by atoms with E-state index in [1.807, 2.05) is 35.8 Å². The van der Waals surface area contributed by atoms with E-state index in [0.717, 1.165) is 48.9 Å². The van der Waals surface area contributed by atoms with E-state index in [1.54, 1.807) is 10.9 Å². The minimum Gasteiger partial charge on any atom is -0.320 e. The summed E-state index contributed by atoms with van der Waals surface area (Å²) in [7, 11) is 0. The summed E-state index contributed by atoms with van der Waals surface area (Å²) >= 11 is 0. The van der Waals surface area contributed by atoms with Crippen molar-refractivity contribution in [3.8, 4) is 5.69 Å². The average molecular weight is 429 g/mol. The first-order valence-electron chi connectivity index (χ1n) is 11.4. The van der Waals surface area contributed by atoms with Crippen molar-refractivity contribution in [2.24, 2.45) is 0 Å². The Morgan fingerprint density at radius 1 is 0.938 bits per heavy atom. The Balaban J connectivity index is 1.78. The van der Waals surface area contributed by atoms with E-state index in [0.29, 0.717) is 17.7 Å². The molecule has 4 aromatic rings. The molecule has 164 valence electrons. The number of nitrogens with zero attached hydrogens (tertiary/aromatic N) is 4. The van der Waals surface area contributed by atoms with Crippen molar-refractivity contribution in [1.82, 2.24) is 18.7 Å². The van der Waals surface area contributed by atoms with Crippen molar-refractivity contribution in [2.45, 2.75) is 58.5 Å². The van der Waals surface area contributed by atoms with Crippen molar-refractivity contribution in [3.05, 3.63) is 92.4 Å². The second-order valence-corrected chi connectivity index (χ2v) is 8.90. The quantitative estimate of drug-likeness (QED) is 0.480. The Morgan fingerprint density at radius 2 is 1.66 bits per heavy atom. The highest BCUT2D eigenvalue weighted by Crippen LogP contribution is 2.27. The maximum Gasteiger partial charge on any atom is 0.337 e. The topological polar surface area (TPSA) is 61.8 Å². The lowest BCUT2D eigenvalue weighted by Gasteiger charge is -2.24. The van der Waals surface area contributed by atoms with E-state index < -0.39 is 0 Å². The van der Waals surface area contributed by atoms with Crippen LogP contribution in [0.5, 0.6) is 0 Å². The molecule has 0 aliphatic heterocycles. The first kappa shape index (κ1) is 20.5. The van der Waals surface area contributed by atoms with Gasteiger partial charge >= 0.3 is 5.69 Å². The van der Waals surface area contributed by atoms with Gasteiger partial charge in [0.25, 0.3) is 5.56 Å². The fourth-order valence-corrected chi connectivity index (χ4v) is 4.86. The van der Waals surface area contributed by atoms with E-state index in [-0.39, 0.29) is 17.3 Å². The lowest BCUT2D eigenvalue weighted by Crippen LogP contribution is -2.43. The van der Waals surface area contributed by atoms with Crippen molar-refractivity contribution in [2.75, 3.05) is 0 Å². The van der Waals surface area contributed by atoms with E-state index in [4.69, 9.17) is 0 Å². The number of hydrogen-bond donors (Lipinski definition) is 0. The second-order valence-electron chi connectivity index (χ2n) is 8.90. The van der Waals surface area contributed by atoms with Crippen LogP contribution in [0.2, 0.25) is 0 Å². The minimum atomic E-state index is -0.288. The highest BCUT2D eigenvalue weighted by Gasteiger charge is 2.25. The summed E-state index contributed by atoms with van der Waals surface area (Å²) in [5.41, 5.74) is 4.41. The van der Waals surface area contributed by atoms with E-state index >= 15 is 0 Å². The monoisotopic (exact) mass is 428 g/mol. The number of rotatable bonds is 4. The molecule has 0 unspecified atom stereocenters. The smallest absolute Gasteiger partial charge is 0.320 e. The van der Waals surface area contributed by atoms with Gasteiger partial charge in [0.2, 0.25) is 0 Å². The molecule has 1 aliphatic rings. The van der Waals surface area contributed by atoms with Crippen molar-refractivity contribution in [3.63, 3.8) is 0 Å². The number of imidazole rings is 1. The molecule has 2 aromatic heterocycles. The SMILES string of the molecule is Cc1ccc(Cn2cnc3c2c(=O)n(C2CCCCC2)c(=O)n3-c2ccccc2C)cc1. The number of hydrogen-bond acceptors (Lipinski definition) is 3. The van der Waals surface area contributed by atoms with Crippen molar-refractivity contribution >= 4 is 11.2 Å². The number of para-hydroxylation sites is 1. The molecule has 1 aliphatic carbocycles. The summed E-state index contributed by atoms with van der Waals surface area (Å²) in [4.78, 5) is 32.0. The highest BCUT2D eigenvalue weighted by atomic mass is 16.2. The van der Waals surface area contributed by atoms with Crippen LogP contribution in [0, 0.1) is 13.8 Å². The summed E-state index contributed by atoms with van der Waals surface area (Å²) in [6, 6.07) is 16.0. The maximum atomic E-state index is 13.7. The van der Waals surface area contributed by atoms with E-state index in [1.165, 1.54) is 10.1 Å². The maximum absolute atomic E-state index is 13.7. The van der Waals surface area contributed by atoms with Gasteiger partial charge in [0, 0.05) is 12.6 Å². The Hall–Kier alpha value is -3.41. The highest BCUT2D eigenvalue weighted by molar-refractivity contribution is 5.73. The molecule has 1 saturated carbocycles. The zero-order valence-corrected chi connectivity index (χ0v) is 18.6. The molecule has 0 saturated heterocycles. The first-order chi connectivity index (χ1) is 15.5. The van der Waals surface area contributed by atoms with Crippen molar-refractivity contribution in [1.29, 1.82) is 0 Å². The van der Waals surface area contributed by atoms with Crippen molar-refractivity contribution < 1.29 is 0 Å². The molecule has 5 rings (SSSR count). The van der Waals surface area contributed by atoms with Gasteiger partial charge < -0.3 is 4.57 Å². The third kappa shape index (κ3) is 3.49. The largest absolute Gasteiger partial charge is 0.337 e. The fraction of sp³-hybridized carbons (Fsp3) is 0.346. The number of fused-ring (bicyclic) bond motifs is 1. The third-order valence-electron chi connectivity index (χ3n) is 6.62. The molecule has 0 bridgehead atoms. The zero-order chi connectivity index (χ0) is 22.2. The van der Waals surface area contributed by atoms with Crippen LogP contribution < -0.4 is 11.2 Å². The predicted molar refractivity (Wildman–Crippen MR) is 127 cm³/mol. The van der Waals surface area contributed by atoms with Crippen LogP contribution in [0.15, 0.2) is 64.4 Å². The van der Waals surface area contributed by atoms with Gasteiger partial charge in [-0.05, 0) is 43.9 Å². The summed E-state index contributed by atoms with van der Waals surface area (Å²) in [5.74, 6) is 0. The summed E-state index contributed by atoms with van der Waals surface area (Å²) in [5, 5.41) is 0. The van der Waals surface area contributed by atoms with E-state index in [9.17, 15) is 9.59 Å². The zero-order valence-electron chi connectivity index (χ0n) is 18.6. The Morgan fingerprint density at radius 3 is 2.38 bits per heavy atom. The molecule has 0 atom stereocenters. The lowest BCUT2D eigenvalue weighted by molar-refractivity contribution is 0.335. The number of aryl methyl sites for hydroxylation is 2. The predicted octanol–water partition coefficient (Wildman–Crippen LogP) is 4.52. The molecule has 32 heavy (non-hydrogen) atoms. The van der Waals surface area contributed by atoms with Gasteiger partial charge in [0.05, 0.1) is 12.0 Å². The fourth-order valence-electron chi connectivity index (χ4n) is 4.86. The summed E-state index contributed by atoms with van der Waals surface area (Å²) < 4.78 is 5.02. The average Bonchev–Trinajstić information content (AvgIpc) is 3.21. The van der Waals surface area contributed by atoms with Crippen LogP contribution in [-0.4, -0.2) is 18.7 Å². The van der Waals surface area contributed by atoms with Crippen LogP contribution in [-0.2, 0) is 6.54 Å². The third-order valence-corrected chi connectivity index (χ3v) is 6.62. The van der Waals surface area contributed by atoms with Crippen LogP contribution in [0.25, 0.3) is 16.9 Å². The minimum absolute atomic E-state index is 0.0638. The molecule has 0 amide bonds. The molecule has 6 heteroatoms. The van der Waals surface area contributed by atoms with Gasteiger partial charge in [0.1, 0.15) is 0 Å². The first-order valence-corrected chi connectivity index (χ1v) is 11.4. The summed E-state index contributed by atoms with van der Waals surface area (Å²) in [6.07, 6.45) is 6.65. The van der Waals surface area contributed by atoms with Crippen LogP contribution >= 0.6 is 0 Å². The molecule has 0 N–H and O–H groups in total. The normalized spacial score (nSPS) is 14.8. The molecule has 0 radical (unpaired) electrons. The van der Waals surface area contributed by atoms with Crippen LogP contribution in [0.1, 0.15) is 54.8 Å². The lowest BCUT2D eigenvalue weighted by atomic mass is 9.95. The Labute approximate surface area is 186 Å².